The summed E-state index contributed by atoms with van der Waals surface area (Å²) >= 11 is 0. The Bertz CT molecular complexity index is 617. The second kappa shape index (κ2) is 4.57. The van der Waals surface area contributed by atoms with Crippen LogP contribution in [0.5, 0.6) is 0 Å². The Hall–Kier alpha value is -1.38. The summed E-state index contributed by atoms with van der Waals surface area (Å²) in [7, 11) is 0. The maximum Gasteiger partial charge on any atom is 0.0737 e. The van der Waals surface area contributed by atoms with E-state index in [0.29, 0.717) is 0 Å². The zero-order valence-corrected chi connectivity index (χ0v) is 11.6. The Balaban J connectivity index is 1.67. The summed E-state index contributed by atoms with van der Waals surface area (Å²) in [5.74, 6) is 0. The monoisotopic (exact) mass is 268 g/mol. The predicted octanol–water partition coefficient (Wildman–Crippen LogP) is 3.45. The molecule has 1 N–H and O–H groups in total. The molecule has 20 heavy (non-hydrogen) atoms. The smallest absolute Gasteiger partial charge is 0.0737 e. The van der Waals surface area contributed by atoms with E-state index in [1.165, 1.54) is 16.3 Å². The molecule has 2 atom stereocenters. The number of ether oxygens (including phenoxy) is 1. The van der Waals surface area contributed by atoms with Crippen LogP contribution in [-0.4, -0.2) is 22.9 Å². The fraction of sp³-hybridized carbons (Fsp3) is 0.444. The molecule has 2 nitrogen and oxygen atoms in total. The van der Waals surface area contributed by atoms with Gasteiger partial charge in [0.15, 0.2) is 0 Å². The summed E-state index contributed by atoms with van der Waals surface area (Å²) in [4.78, 5) is 0. The van der Waals surface area contributed by atoms with Crippen molar-refractivity contribution in [3.05, 3.63) is 48.0 Å². The van der Waals surface area contributed by atoms with Crippen molar-refractivity contribution in [1.82, 2.24) is 0 Å². The van der Waals surface area contributed by atoms with Crippen LogP contribution in [0, 0.1) is 0 Å². The van der Waals surface area contributed by atoms with Crippen molar-refractivity contribution in [3.63, 3.8) is 0 Å². The maximum atomic E-state index is 11.0. The number of rotatable bonds is 2. The average Bonchev–Trinajstić information content (AvgIpc) is 2.79. The van der Waals surface area contributed by atoms with Gasteiger partial charge in [0, 0.05) is 19.3 Å². The first kappa shape index (κ1) is 12.4. The Morgan fingerprint density at radius 2 is 1.70 bits per heavy atom. The van der Waals surface area contributed by atoms with Gasteiger partial charge in [0.05, 0.1) is 17.8 Å². The quantitative estimate of drug-likeness (QED) is 0.904. The summed E-state index contributed by atoms with van der Waals surface area (Å²) in [5.41, 5.74) is 0.667. The molecule has 104 valence electrons. The zero-order chi connectivity index (χ0) is 13.6. The van der Waals surface area contributed by atoms with Gasteiger partial charge in [-0.2, -0.15) is 0 Å². The molecule has 2 unspecified atom stereocenters. The van der Waals surface area contributed by atoms with Gasteiger partial charge in [0.1, 0.15) is 0 Å². The first-order chi connectivity index (χ1) is 9.72. The molecular formula is C18H20O2. The highest BCUT2D eigenvalue weighted by Crippen LogP contribution is 2.40. The highest BCUT2D eigenvalue weighted by molar-refractivity contribution is 5.85. The average molecular weight is 268 g/mol. The first-order valence-corrected chi connectivity index (χ1v) is 7.56. The van der Waals surface area contributed by atoms with Gasteiger partial charge in [0.25, 0.3) is 0 Å². The standard InChI is InChI=1S/C18H20O2/c19-18(11-15-8-9-16(12-18)20-15)10-14-6-3-5-13-4-1-2-7-17(13)14/h1-7,15-16,19H,8-12H2. The van der Waals surface area contributed by atoms with Crippen LogP contribution in [0.1, 0.15) is 31.2 Å². The minimum atomic E-state index is -0.589. The molecule has 2 aromatic carbocycles. The van der Waals surface area contributed by atoms with Crippen molar-refractivity contribution < 1.29 is 9.84 Å². The van der Waals surface area contributed by atoms with Gasteiger partial charge in [-0.05, 0) is 29.2 Å². The summed E-state index contributed by atoms with van der Waals surface area (Å²) < 4.78 is 5.86. The molecule has 2 heteroatoms. The van der Waals surface area contributed by atoms with Gasteiger partial charge in [-0.3, -0.25) is 0 Å². The van der Waals surface area contributed by atoms with E-state index in [2.05, 4.69) is 42.5 Å². The highest BCUT2D eigenvalue weighted by Gasteiger charge is 2.43. The molecule has 0 saturated carbocycles. The molecule has 0 aromatic heterocycles. The highest BCUT2D eigenvalue weighted by atomic mass is 16.5. The van der Waals surface area contributed by atoms with E-state index in [9.17, 15) is 5.11 Å². The van der Waals surface area contributed by atoms with Crippen LogP contribution in [0.2, 0.25) is 0 Å². The van der Waals surface area contributed by atoms with E-state index in [4.69, 9.17) is 4.74 Å². The van der Waals surface area contributed by atoms with Crippen molar-refractivity contribution in [1.29, 1.82) is 0 Å². The van der Waals surface area contributed by atoms with E-state index >= 15 is 0 Å². The second-order valence-electron chi connectivity index (χ2n) is 6.41. The van der Waals surface area contributed by atoms with Gasteiger partial charge in [0.2, 0.25) is 0 Å². The van der Waals surface area contributed by atoms with Gasteiger partial charge >= 0.3 is 0 Å². The molecule has 2 fully saturated rings. The molecule has 2 aromatic rings. The number of benzene rings is 2. The fourth-order valence-electron chi connectivity index (χ4n) is 3.96. The van der Waals surface area contributed by atoms with Crippen molar-refractivity contribution >= 4 is 10.8 Å². The van der Waals surface area contributed by atoms with Crippen LogP contribution in [0.4, 0.5) is 0 Å². The Morgan fingerprint density at radius 1 is 1.00 bits per heavy atom. The molecular weight excluding hydrogens is 248 g/mol. The van der Waals surface area contributed by atoms with E-state index < -0.39 is 5.60 Å². The van der Waals surface area contributed by atoms with E-state index in [-0.39, 0.29) is 12.2 Å². The molecule has 0 amide bonds. The van der Waals surface area contributed by atoms with Crippen LogP contribution in [-0.2, 0) is 11.2 Å². The first-order valence-electron chi connectivity index (χ1n) is 7.56. The van der Waals surface area contributed by atoms with Crippen LogP contribution in [0.3, 0.4) is 0 Å². The third-order valence-corrected chi connectivity index (χ3v) is 4.81. The second-order valence-corrected chi connectivity index (χ2v) is 6.41. The van der Waals surface area contributed by atoms with Crippen molar-refractivity contribution in [2.75, 3.05) is 0 Å². The molecule has 0 radical (unpaired) electrons. The lowest BCUT2D eigenvalue weighted by Crippen LogP contribution is -2.42. The molecule has 2 bridgehead atoms. The maximum absolute atomic E-state index is 11.0. The van der Waals surface area contributed by atoms with Gasteiger partial charge < -0.3 is 9.84 Å². The number of hydrogen-bond donors (Lipinski definition) is 1. The Morgan fingerprint density at radius 3 is 2.50 bits per heavy atom. The third-order valence-electron chi connectivity index (χ3n) is 4.81. The summed E-state index contributed by atoms with van der Waals surface area (Å²) in [6.07, 6.45) is 5.08. The molecule has 2 aliphatic rings. The molecule has 4 rings (SSSR count). The molecule has 2 aliphatic heterocycles. The lowest BCUT2D eigenvalue weighted by Gasteiger charge is -2.36. The normalized spacial score (nSPS) is 32.6. The van der Waals surface area contributed by atoms with Crippen LogP contribution in [0.25, 0.3) is 10.8 Å². The predicted molar refractivity (Wildman–Crippen MR) is 79.7 cm³/mol. The van der Waals surface area contributed by atoms with Gasteiger partial charge in [-0.25, -0.2) is 0 Å². The van der Waals surface area contributed by atoms with Crippen LogP contribution >= 0.6 is 0 Å². The van der Waals surface area contributed by atoms with E-state index in [1.807, 2.05) is 0 Å². The molecule has 2 heterocycles. The Kier molecular flexibility index (Phi) is 2.83. The van der Waals surface area contributed by atoms with E-state index in [1.54, 1.807) is 0 Å². The van der Waals surface area contributed by atoms with Gasteiger partial charge in [-0.1, -0.05) is 42.5 Å². The summed E-state index contributed by atoms with van der Waals surface area (Å²) in [6.45, 7) is 0. The molecule has 0 spiro atoms. The fourth-order valence-corrected chi connectivity index (χ4v) is 3.96. The number of hydrogen-bond acceptors (Lipinski definition) is 2. The van der Waals surface area contributed by atoms with Gasteiger partial charge in [-0.15, -0.1) is 0 Å². The van der Waals surface area contributed by atoms with Crippen LogP contribution in [0.15, 0.2) is 42.5 Å². The van der Waals surface area contributed by atoms with Crippen molar-refractivity contribution in [2.24, 2.45) is 0 Å². The lowest BCUT2D eigenvalue weighted by atomic mass is 9.83. The summed E-state index contributed by atoms with van der Waals surface area (Å²) in [6, 6.07) is 14.8. The minimum Gasteiger partial charge on any atom is -0.389 e. The largest absolute Gasteiger partial charge is 0.389 e. The molecule has 0 aliphatic carbocycles. The van der Waals surface area contributed by atoms with Crippen LogP contribution < -0.4 is 0 Å². The van der Waals surface area contributed by atoms with Crippen molar-refractivity contribution in [3.8, 4) is 0 Å². The third kappa shape index (κ3) is 2.13. The summed E-state index contributed by atoms with van der Waals surface area (Å²) in [5, 5.41) is 13.5. The van der Waals surface area contributed by atoms with Crippen molar-refractivity contribution in [2.45, 2.75) is 49.9 Å². The Labute approximate surface area is 119 Å². The number of aliphatic hydroxyl groups is 1. The topological polar surface area (TPSA) is 29.5 Å². The number of fused-ring (bicyclic) bond motifs is 3. The minimum absolute atomic E-state index is 0.272. The van der Waals surface area contributed by atoms with E-state index in [0.717, 1.165) is 32.1 Å². The zero-order valence-electron chi connectivity index (χ0n) is 11.6. The SMILES string of the molecule is OC1(Cc2cccc3ccccc23)CC2CCC(C1)O2. The lowest BCUT2D eigenvalue weighted by molar-refractivity contribution is -0.110. The molecule has 2 saturated heterocycles.